The number of carbonyl (C=O) groups is 1. The third-order valence-corrected chi connectivity index (χ3v) is 3.68. The van der Waals surface area contributed by atoms with Crippen molar-refractivity contribution in [1.29, 1.82) is 0 Å². The lowest BCUT2D eigenvalue weighted by Crippen LogP contribution is -3.16. The summed E-state index contributed by atoms with van der Waals surface area (Å²) in [6.45, 7) is 7.60. The van der Waals surface area contributed by atoms with Gasteiger partial charge in [0.1, 0.15) is 38.4 Å². The number of nitrogens with one attached hydrogen (secondary N) is 1. The van der Waals surface area contributed by atoms with E-state index in [1.165, 1.54) is 4.90 Å². The van der Waals surface area contributed by atoms with E-state index in [9.17, 15) is 4.79 Å². The van der Waals surface area contributed by atoms with Crippen LogP contribution in [-0.4, -0.2) is 51.8 Å². The largest absolute Gasteiger partial charge is 0.493 e. The molecule has 0 amide bonds. The molecule has 116 valence electrons. The highest BCUT2D eigenvalue weighted by Crippen LogP contribution is 2.29. The SMILES string of the molecule is COc1cccc(C=O)c1OCC[NH+]1C[C@@H](C)O[C@@H](C)C1. The molecule has 21 heavy (non-hydrogen) atoms. The van der Waals surface area contributed by atoms with Gasteiger partial charge in [-0.05, 0) is 26.0 Å². The maximum atomic E-state index is 11.1. The Morgan fingerprint density at radius 2 is 2.05 bits per heavy atom. The summed E-state index contributed by atoms with van der Waals surface area (Å²) in [5.41, 5.74) is 0.521. The summed E-state index contributed by atoms with van der Waals surface area (Å²) < 4.78 is 16.8. The Labute approximate surface area is 125 Å². The van der Waals surface area contributed by atoms with Crippen LogP contribution in [0.1, 0.15) is 24.2 Å². The number of ether oxygens (including phenoxy) is 3. The molecule has 5 heteroatoms. The van der Waals surface area contributed by atoms with Crippen molar-refractivity contribution >= 4 is 6.29 Å². The van der Waals surface area contributed by atoms with Gasteiger partial charge in [0.15, 0.2) is 17.8 Å². The summed E-state index contributed by atoms with van der Waals surface area (Å²) in [5.74, 6) is 1.13. The summed E-state index contributed by atoms with van der Waals surface area (Å²) in [6, 6.07) is 5.32. The molecule has 1 aromatic carbocycles. The predicted octanol–water partition coefficient (Wildman–Crippen LogP) is 0.579. The maximum Gasteiger partial charge on any atom is 0.171 e. The van der Waals surface area contributed by atoms with Gasteiger partial charge >= 0.3 is 0 Å². The van der Waals surface area contributed by atoms with Crippen LogP contribution < -0.4 is 14.4 Å². The molecule has 1 saturated heterocycles. The van der Waals surface area contributed by atoms with Gasteiger partial charge in [0.2, 0.25) is 0 Å². The van der Waals surface area contributed by atoms with Gasteiger partial charge in [-0.25, -0.2) is 0 Å². The zero-order valence-corrected chi connectivity index (χ0v) is 12.9. The number of carbonyl (C=O) groups excluding carboxylic acids is 1. The van der Waals surface area contributed by atoms with Crippen LogP contribution in [0.5, 0.6) is 11.5 Å². The Hall–Kier alpha value is -1.59. The molecule has 3 atom stereocenters. The minimum atomic E-state index is 0.278. The summed E-state index contributed by atoms with van der Waals surface area (Å²) in [6.07, 6.45) is 1.35. The van der Waals surface area contributed by atoms with E-state index in [0.717, 1.165) is 25.9 Å². The molecule has 1 unspecified atom stereocenters. The Balaban J connectivity index is 1.92. The van der Waals surface area contributed by atoms with Gasteiger partial charge in [-0.1, -0.05) is 6.07 Å². The zero-order chi connectivity index (χ0) is 15.2. The second-order valence-corrected chi connectivity index (χ2v) is 5.51. The molecule has 1 heterocycles. The predicted molar refractivity (Wildman–Crippen MR) is 79.4 cm³/mol. The lowest BCUT2D eigenvalue weighted by Gasteiger charge is -2.32. The molecule has 1 N–H and O–H groups in total. The van der Waals surface area contributed by atoms with E-state index < -0.39 is 0 Å². The molecule has 0 spiro atoms. The molecule has 0 bridgehead atoms. The first kappa shape index (κ1) is 15.8. The Kier molecular flexibility index (Phi) is 5.59. The number of rotatable bonds is 6. The van der Waals surface area contributed by atoms with Gasteiger partial charge in [-0.15, -0.1) is 0 Å². The summed E-state index contributed by atoms with van der Waals surface area (Å²) >= 11 is 0. The molecule has 0 aliphatic carbocycles. The molecular weight excluding hydrogens is 270 g/mol. The van der Waals surface area contributed by atoms with E-state index in [-0.39, 0.29) is 12.2 Å². The van der Waals surface area contributed by atoms with Crippen LogP contribution in [0, 0.1) is 0 Å². The minimum Gasteiger partial charge on any atom is -0.493 e. The van der Waals surface area contributed by atoms with E-state index in [2.05, 4.69) is 13.8 Å². The number of aldehydes is 1. The highest BCUT2D eigenvalue weighted by molar-refractivity contribution is 5.81. The molecule has 1 aliphatic rings. The van der Waals surface area contributed by atoms with E-state index >= 15 is 0 Å². The van der Waals surface area contributed by atoms with Gasteiger partial charge in [0.25, 0.3) is 0 Å². The summed E-state index contributed by atoms with van der Waals surface area (Å²) in [5, 5.41) is 0. The lowest BCUT2D eigenvalue weighted by molar-refractivity contribution is -0.915. The van der Waals surface area contributed by atoms with E-state index in [4.69, 9.17) is 14.2 Å². The van der Waals surface area contributed by atoms with Crippen molar-refractivity contribution in [2.75, 3.05) is 33.4 Å². The Bertz CT molecular complexity index is 467. The normalized spacial score (nSPS) is 25.4. The van der Waals surface area contributed by atoms with Crippen LogP contribution in [0.25, 0.3) is 0 Å². The van der Waals surface area contributed by atoms with Crippen LogP contribution in [0.4, 0.5) is 0 Å². The molecule has 0 saturated carbocycles. The van der Waals surface area contributed by atoms with E-state index in [1.54, 1.807) is 25.3 Å². The second kappa shape index (κ2) is 7.43. The Morgan fingerprint density at radius 3 is 2.67 bits per heavy atom. The first-order chi connectivity index (χ1) is 10.1. The van der Waals surface area contributed by atoms with Crippen LogP contribution >= 0.6 is 0 Å². The van der Waals surface area contributed by atoms with Crippen LogP contribution in [-0.2, 0) is 4.74 Å². The fourth-order valence-electron chi connectivity index (χ4n) is 2.83. The highest BCUT2D eigenvalue weighted by atomic mass is 16.5. The number of hydrogen-bond donors (Lipinski definition) is 1. The maximum absolute atomic E-state index is 11.1. The smallest absolute Gasteiger partial charge is 0.171 e. The molecule has 5 nitrogen and oxygen atoms in total. The van der Waals surface area contributed by atoms with Gasteiger partial charge in [-0.3, -0.25) is 4.79 Å². The minimum absolute atomic E-state index is 0.278. The number of quaternary nitrogens is 1. The Morgan fingerprint density at radius 1 is 1.33 bits per heavy atom. The van der Waals surface area contributed by atoms with Gasteiger partial charge in [-0.2, -0.15) is 0 Å². The number of hydrogen-bond acceptors (Lipinski definition) is 4. The van der Waals surface area contributed by atoms with Gasteiger partial charge in [0, 0.05) is 0 Å². The van der Waals surface area contributed by atoms with E-state index in [1.807, 2.05) is 0 Å². The van der Waals surface area contributed by atoms with Gasteiger partial charge in [0.05, 0.1) is 12.7 Å². The standard InChI is InChI=1S/C16H23NO4/c1-12-9-17(10-13(2)21-12)7-8-20-16-14(11-18)5-4-6-15(16)19-3/h4-6,11-13H,7-10H2,1-3H3/p+1/t12-,13+. The summed E-state index contributed by atoms with van der Waals surface area (Å²) in [4.78, 5) is 12.6. The number of morpholine rings is 1. The highest BCUT2D eigenvalue weighted by Gasteiger charge is 2.25. The molecule has 1 aliphatic heterocycles. The van der Waals surface area contributed by atoms with Crippen LogP contribution in [0.3, 0.4) is 0 Å². The zero-order valence-electron chi connectivity index (χ0n) is 12.9. The van der Waals surface area contributed by atoms with Gasteiger partial charge < -0.3 is 19.1 Å². The summed E-state index contributed by atoms with van der Waals surface area (Å²) in [7, 11) is 1.58. The number of para-hydroxylation sites is 1. The molecule has 1 fully saturated rings. The quantitative estimate of drug-likeness (QED) is 0.780. The van der Waals surface area contributed by atoms with Crippen molar-refractivity contribution in [3.05, 3.63) is 23.8 Å². The number of methoxy groups -OCH3 is 1. The fourth-order valence-corrected chi connectivity index (χ4v) is 2.83. The van der Waals surface area contributed by atoms with Crippen molar-refractivity contribution in [2.45, 2.75) is 26.1 Å². The van der Waals surface area contributed by atoms with Crippen molar-refractivity contribution in [1.82, 2.24) is 0 Å². The first-order valence-corrected chi connectivity index (χ1v) is 7.38. The molecule has 2 rings (SSSR count). The van der Waals surface area contributed by atoms with Crippen LogP contribution in [0.2, 0.25) is 0 Å². The fraction of sp³-hybridized carbons (Fsp3) is 0.562. The van der Waals surface area contributed by atoms with Crippen LogP contribution in [0.15, 0.2) is 18.2 Å². The van der Waals surface area contributed by atoms with Crippen molar-refractivity contribution in [3.8, 4) is 11.5 Å². The van der Waals surface area contributed by atoms with Crippen molar-refractivity contribution in [3.63, 3.8) is 0 Å². The van der Waals surface area contributed by atoms with Crippen molar-refractivity contribution in [2.24, 2.45) is 0 Å². The number of benzene rings is 1. The first-order valence-electron chi connectivity index (χ1n) is 7.38. The lowest BCUT2D eigenvalue weighted by atomic mass is 10.2. The third kappa shape index (κ3) is 4.19. The monoisotopic (exact) mass is 294 g/mol. The topological polar surface area (TPSA) is 49.2 Å². The molecular formula is C16H24NO4+. The third-order valence-electron chi connectivity index (χ3n) is 3.68. The molecule has 0 radical (unpaired) electrons. The molecule has 0 aromatic heterocycles. The second-order valence-electron chi connectivity index (χ2n) is 5.51. The average molecular weight is 294 g/mol. The average Bonchev–Trinajstić information content (AvgIpc) is 2.46. The van der Waals surface area contributed by atoms with Crippen molar-refractivity contribution < 1.29 is 23.9 Å². The molecule has 1 aromatic rings. The van der Waals surface area contributed by atoms with E-state index in [0.29, 0.717) is 23.7 Å².